The first-order valence-electron chi connectivity index (χ1n) is 13.2. The fourth-order valence-electron chi connectivity index (χ4n) is 5.56. The molecule has 0 spiro atoms. The second-order valence-electron chi connectivity index (χ2n) is 10.6. The molecular weight excluding hydrogens is 524 g/mol. The number of carbonyl (C=O) groups is 1. The standard InChI is InChI=1S/C30H30F4N4O2/c1-18-13-19(2)15-24(14-18)38-27-16-21(28(39)35-17-20-3-6-22(31)7-4-20)5-12-26(27)37-29(38)36-23-8-10-25(11-9-23)40-30(32,33)34/h3-12,16,18-19,24H,13-15,17H2,1-2H3,(H,35,39)(H,36,37). The van der Waals surface area contributed by atoms with Crippen LogP contribution >= 0.6 is 0 Å². The highest BCUT2D eigenvalue weighted by Crippen LogP contribution is 2.40. The van der Waals surface area contributed by atoms with Crippen molar-refractivity contribution in [3.63, 3.8) is 0 Å². The van der Waals surface area contributed by atoms with Gasteiger partial charge < -0.3 is 19.9 Å². The highest BCUT2D eigenvalue weighted by Gasteiger charge is 2.31. The zero-order chi connectivity index (χ0) is 28.4. The van der Waals surface area contributed by atoms with Crippen molar-refractivity contribution in [2.24, 2.45) is 11.8 Å². The second kappa shape index (κ2) is 11.2. The Bertz CT molecular complexity index is 1470. The van der Waals surface area contributed by atoms with Crippen LogP contribution in [0.4, 0.5) is 29.2 Å². The molecule has 2 N–H and O–H groups in total. The number of benzene rings is 3. The molecule has 1 aliphatic carbocycles. The van der Waals surface area contributed by atoms with Crippen LogP contribution in [0.5, 0.6) is 5.75 Å². The van der Waals surface area contributed by atoms with Gasteiger partial charge in [0.05, 0.1) is 11.0 Å². The zero-order valence-electron chi connectivity index (χ0n) is 22.1. The van der Waals surface area contributed by atoms with Gasteiger partial charge in [-0.3, -0.25) is 4.79 Å². The number of aromatic nitrogens is 2. The number of halogens is 4. The number of fused-ring (bicyclic) bond motifs is 1. The first kappa shape index (κ1) is 27.5. The zero-order valence-corrected chi connectivity index (χ0v) is 22.1. The van der Waals surface area contributed by atoms with Gasteiger partial charge in [-0.25, -0.2) is 9.37 Å². The smallest absolute Gasteiger partial charge is 0.406 e. The first-order valence-corrected chi connectivity index (χ1v) is 13.2. The Morgan fingerprint density at radius 3 is 2.30 bits per heavy atom. The summed E-state index contributed by atoms with van der Waals surface area (Å²) in [7, 11) is 0. The van der Waals surface area contributed by atoms with Gasteiger partial charge in [-0.1, -0.05) is 26.0 Å². The summed E-state index contributed by atoms with van der Waals surface area (Å²) in [5.41, 5.74) is 3.29. The Hall–Kier alpha value is -4.08. The van der Waals surface area contributed by atoms with E-state index >= 15 is 0 Å². The summed E-state index contributed by atoms with van der Waals surface area (Å²) < 4.78 is 57.0. The third-order valence-electron chi connectivity index (χ3n) is 7.18. The van der Waals surface area contributed by atoms with Crippen LogP contribution in [0.3, 0.4) is 0 Å². The number of alkyl halides is 3. The van der Waals surface area contributed by atoms with E-state index < -0.39 is 6.36 Å². The van der Waals surface area contributed by atoms with Gasteiger partial charge in [-0.05, 0) is 91.3 Å². The quantitative estimate of drug-likeness (QED) is 0.229. The molecule has 0 radical (unpaired) electrons. The highest BCUT2D eigenvalue weighted by atomic mass is 19.4. The van der Waals surface area contributed by atoms with E-state index in [1.165, 1.54) is 36.4 Å². The minimum absolute atomic E-state index is 0.122. The fraction of sp³-hybridized carbons (Fsp3) is 0.333. The molecule has 6 nitrogen and oxygen atoms in total. The molecule has 1 amide bonds. The minimum atomic E-state index is -4.76. The molecular formula is C30H30F4N4O2. The van der Waals surface area contributed by atoms with Crippen molar-refractivity contribution >= 4 is 28.6 Å². The molecule has 2 unspecified atom stereocenters. The molecule has 1 heterocycles. The minimum Gasteiger partial charge on any atom is -0.406 e. The van der Waals surface area contributed by atoms with Crippen LogP contribution in [0.1, 0.15) is 55.1 Å². The summed E-state index contributed by atoms with van der Waals surface area (Å²) in [6, 6.07) is 16.9. The summed E-state index contributed by atoms with van der Waals surface area (Å²) in [5.74, 6) is 0.641. The van der Waals surface area contributed by atoms with Gasteiger partial charge in [0, 0.05) is 23.8 Å². The van der Waals surface area contributed by atoms with Gasteiger partial charge >= 0.3 is 6.36 Å². The largest absolute Gasteiger partial charge is 0.573 e. The van der Waals surface area contributed by atoms with Crippen molar-refractivity contribution in [2.75, 3.05) is 5.32 Å². The molecule has 5 rings (SSSR count). The predicted molar refractivity (Wildman–Crippen MR) is 145 cm³/mol. The molecule has 40 heavy (non-hydrogen) atoms. The van der Waals surface area contributed by atoms with Crippen molar-refractivity contribution in [1.29, 1.82) is 0 Å². The lowest BCUT2D eigenvalue weighted by molar-refractivity contribution is -0.274. The van der Waals surface area contributed by atoms with E-state index in [0.29, 0.717) is 34.6 Å². The summed E-state index contributed by atoms with van der Waals surface area (Å²) in [6.07, 6.45) is -1.77. The highest BCUT2D eigenvalue weighted by molar-refractivity contribution is 5.97. The Morgan fingerprint density at radius 1 is 0.975 bits per heavy atom. The number of anilines is 2. The lowest BCUT2D eigenvalue weighted by Crippen LogP contribution is -2.24. The van der Waals surface area contributed by atoms with E-state index in [-0.39, 0.29) is 30.1 Å². The molecule has 1 aromatic heterocycles. The van der Waals surface area contributed by atoms with Crippen molar-refractivity contribution in [3.8, 4) is 5.75 Å². The maximum Gasteiger partial charge on any atom is 0.573 e. The van der Waals surface area contributed by atoms with E-state index in [1.54, 1.807) is 24.3 Å². The Labute approximate surface area is 229 Å². The molecule has 2 atom stereocenters. The van der Waals surface area contributed by atoms with Crippen LogP contribution in [0, 0.1) is 17.7 Å². The molecule has 0 bridgehead atoms. The molecule has 4 aromatic rings. The van der Waals surface area contributed by atoms with Crippen molar-refractivity contribution in [3.05, 3.63) is 83.7 Å². The topological polar surface area (TPSA) is 68.2 Å². The molecule has 1 fully saturated rings. The van der Waals surface area contributed by atoms with Crippen molar-refractivity contribution < 1.29 is 27.1 Å². The van der Waals surface area contributed by atoms with Crippen LogP contribution in [-0.4, -0.2) is 21.8 Å². The van der Waals surface area contributed by atoms with Crippen LogP contribution in [-0.2, 0) is 6.54 Å². The van der Waals surface area contributed by atoms with E-state index in [4.69, 9.17) is 4.98 Å². The number of carbonyl (C=O) groups excluding carboxylic acids is 1. The number of rotatable bonds is 7. The monoisotopic (exact) mass is 554 g/mol. The van der Waals surface area contributed by atoms with Crippen LogP contribution in [0.2, 0.25) is 0 Å². The number of nitrogens with one attached hydrogen (secondary N) is 2. The van der Waals surface area contributed by atoms with E-state index in [0.717, 1.165) is 30.3 Å². The lowest BCUT2D eigenvalue weighted by Gasteiger charge is -2.33. The van der Waals surface area contributed by atoms with E-state index in [9.17, 15) is 22.4 Å². The van der Waals surface area contributed by atoms with Crippen molar-refractivity contribution in [2.45, 2.75) is 52.1 Å². The van der Waals surface area contributed by atoms with Gasteiger partial charge in [-0.15, -0.1) is 13.2 Å². The molecule has 0 saturated heterocycles. The first-order chi connectivity index (χ1) is 19.0. The average molecular weight is 555 g/mol. The Balaban J connectivity index is 1.45. The van der Waals surface area contributed by atoms with Crippen LogP contribution in [0.15, 0.2) is 66.7 Å². The normalized spacial score (nSPS) is 19.4. The summed E-state index contributed by atoms with van der Waals surface area (Å²) >= 11 is 0. The number of amides is 1. The number of nitrogens with zero attached hydrogens (tertiary/aromatic N) is 2. The molecule has 3 aromatic carbocycles. The molecule has 0 aliphatic heterocycles. The Morgan fingerprint density at radius 2 is 1.65 bits per heavy atom. The summed E-state index contributed by atoms with van der Waals surface area (Å²) in [4.78, 5) is 17.8. The van der Waals surface area contributed by atoms with Crippen LogP contribution in [0.25, 0.3) is 11.0 Å². The number of hydrogen-bond donors (Lipinski definition) is 2. The maximum atomic E-state index is 13.2. The fourth-order valence-corrected chi connectivity index (χ4v) is 5.56. The van der Waals surface area contributed by atoms with Gasteiger partial charge in [0.2, 0.25) is 5.95 Å². The van der Waals surface area contributed by atoms with E-state index in [2.05, 4.69) is 33.8 Å². The van der Waals surface area contributed by atoms with Gasteiger partial charge in [0.15, 0.2) is 0 Å². The van der Waals surface area contributed by atoms with Crippen molar-refractivity contribution in [1.82, 2.24) is 14.9 Å². The van der Waals surface area contributed by atoms with Gasteiger partial charge in [-0.2, -0.15) is 0 Å². The van der Waals surface area contributed by atoms with E-state index in [1.807, 2.05) is 6.07 Å². The van der Waals surface area contributed by atoms with Crippen LogP contribution < -0.4 is 15.4 Å². The van der Waals surface area contributed by atoms with Gasteiger partial charge in [0.1, 0.15) is 11.6 Å². The second-order valence-corrected chi connectivity index (χ2v) is 10.6. The third kappa shape index (κ3) is 6.55. The molecule has 1 saturated carbocycles. The lowest BCUT2D eigenvalue weighted by atomic mass is 9.80. The number of imidazole rings is 1. The predicted octanol–water partition coefficient (Wildman–Crippen LogP) is 7.74. The van der Waals surface area contributed by atoms with Gasteiger partial charge in [0.25, 0.3) is 5.91 Å². The number of hydrogen-bond acceptors (Lipinski definition) is 4. The third-order valence-corrected chi connectivity index (χ3v) is 7.18. The summed E-state index contributed by atoms with van der Waals surface area (Å²) in [6.45, 7) is 4.71. The molecule has 1 aliphatic rings. The molecule has 210 valence electrons. The SMILES string of the molecule is CC1CC(C)CC(n2c(Nc3ccc(OC(F)(F)F)cc3)nc3ccc(C(=O)NCc4ccc(F)cc4)cc32)C1. The Kier molecular flexibility index (Phi) is 7.69. The average Bonchev–Trinajstić information content (AvgIpc) is 3.25. The maximum absolute atomic E-state index is 13.2. The number of ether oxygens (including phenoxy) is 1. The molecule has 10 heteroatoms. The summed E-state index contributed by atoms with van der Waals surface area (Å²) in [5, 5.41) is 6.14.